The Morgan fingerprint density at radius 3 is 2.72 bits per heavy atom. The molecule has 1 heterocycles. The molecular formula is C19H18ClN3O2. The molecule has 0 saturated heterocycles. The highest BCUT2D eigenvalue weighted by Gasteiger charge is 2.14. The Labute approximate surface area is 151 Å². The summed E-state index contributed by atoms with van der Waals surface area (Å²) in [6.45, 7) is 3.86. The Balaban J connectivity index is 2.03. The van der Waals surface area contributed by atoms with Crippen LogP contribution in [0, 0.1) is 6.92 Å². The lowest BCUT2D eigenvalue weighted by molar-refractivity contribution is 0.0601. The Morgan fingerprint density at radius 1 is 1.20 bits per heavy atom. The van der Waals surface area contributed by atoms with E-state index in [2.05, 4.69) is 15.3 Å². The maximum Gasteiger partial charge on any atom is 0.337 e. The highest BCUT2D eigenvalue weighted by molar-refractivity contribution is 6.30. The number of carbonyl (C=O) groups excluding carboxylic acids is 1. The Morgan fingerprint density at radius 2 is 2.00 bits per heavy atom. The third-order valence-corrected chi connectivity index (χ3v) is 4.17. The van der Waals surface area contributed by atoms with Crippen molar-refractivity contribution >= 4 is 34.3 Å². The summed E-state index contributed by atoms with van der Waals surface area (Å²) in [5.41, 5.74) is 2.27. The van der Waals surface area contributed by atoms with Crippen molar-refractivity contribution in [1.29, 1.82) is 0 Å². The van der Waals surface area contributed by atoms with Crippen LogP contribution in [0.5, 0.6) is 0 Å². The van der Waals surface area contributed by atoms with Crippen LogP contribution in [0.4, 0.5) is 5.82 Å². The number of hydrogen-bond acceptors (Lipinski definition) is 5. The summed E-state index contributed by atoms with van der Waals surface area (Å²) in [6.07, 6.45) is 0. The van der Waals surface area contributed by atoms with Gasteiger partial charge in [-0.25, -0.2) is 14.8 Å². The average Bonchev–Trinajstić information content (AvgIpc) is 2.60. The number of halogens is 1. The molecule has 1 unspecified atom stereocenters. The molecule has 0 aliphatic carbocycles. The summed E-state index contributed by atoms with van der Waals surface area (Å²) in [5.74, 6) is 0.927. The number of nitrogens with one attached hydrogen (secondary N) is 1. The predicted octanol–water partition coefficient (Wildman–Crippen LogP) is 4.55. The SMILES string of the molecule is COC(=O)c1ccc2nc(C)nc(NC(C)c3cccc(Cl)c3)c2c1. The molecule has 0 radical (unpaired) electrons. The quantitative estimate of drug-likeness (QED) is 0.695. The van der Waals surface area contributed by atoms with Gasteiger partial charge in [0.1, 0.15) is 11.6 Å². The fourth-order valence-corrected chi connectivity index (χ4v) is 2.86. The topological polar surface area (TPSA) is 64.1 Å². The maximum absolute atomic E-state index is 11.8. The number of aryl methyl sites for hydroxylation is 1. The largest absolute Gasteiger partial charge is 0.465 e. The maximum atomic E-state index is 11.8. The summed E-state index contributed by atoms with van der Waals surface area (Å²) in [6, 6.07) is 12.9. The van der Waals surface area contributed by atoms with Gasteiger partial charge in [-0.1, -0.05) is 23.7 Å². The number of anilines is 1. The number of carbonyl (C=O) groups is 1. The first kappa shape index (κ1) is 17.2. The minimum absolute atomic E-state index is 0.0158. The molecule has 0 spiro atoms. The third-order valence-electron chi connectivity index (χ3n) is 3.93. The molecule has 3 aromatic rings. The minimum atomic E-state index is -0.392. The second-order valence-electron chi connectivity index (χ2n) is 5.76. The molecule has 2 aromatic carbocycles. The summed E-state index contributed by atoms with van der Waals surface area (Å²) in [4.78, 5) is 20.8. The van der Waals surface area contributed by atoms with Gasteiger partial charge in [0.05, 0.1) is 24.2 Å². The normalized spacial score (nSPS) is 12.0. The number of rotatable bonds is 4. The molecule has 0 amide bonds. The van der Waals surface area contributed by atoms with Crippen LogP contribution in [0.1, 0.15) is 34.7 Å². The highest BCUT2D eigenvalue weighted by Crippen LogP contribution is 2.27. The lowest BCUT2D eigenvalue weighted by Gasteiger charge is -2.17. The Hall–Kier alpha value is -2.66. The molecule has 0 bridgehead atoms. The van der Waals surface area contributed by atoms with Gasteiger partial charge in [0.2, 0.25) is 0 Å². The summed E-state index contributed by atoms with van der Waals surface area (Å²) in [5, 5.41) is 4.84. The van der Waals surface area contributed by atoms with Gasteiger partial charge in [-0.2, -0.15) is 0 Å². The number of nitrogens with zero attached hydrogens (tertiary/aromatic N) is 2. The molecule has 128 valence electrons. The van der Waals surface area contributed by atoms with Gasteiger partial charge in [-0.15, -0.1) is 0 Å². The van der Waals surface area contributed by atoms with E-state index in [4.69, 9.17) is 16.3 Å². The number of fused-ring (bicyclic) bond motifs is 1. The van der Waals surface area contributed by atoms with Crippen molar-refractivity contribution in [2.75, 3.05) is 12.4 Å². The first-order chi connectivity index (χ1) is 12.0. The smallest absolute Gasteiger partial charge is 0.337 e. The Kier molecular flexibility index (Phi) is 4.86. The minimum Gasteiger partial charge on any atom is -0.465 e. The van der Waals surface area contributed by atoms with E-state index in [1.807, 2.05) is 38.1 Å². The second kappa shape index (κ2) is 7.07. The van der Waals surface area contributed by atoms with Crippen LogP contribution >= 0.6 is 11.6 Å². The third kappa shape index (κ3) is 3.72. The molecule has 1 N–H and O–H groups in total. The molecule has 3 rings (SSSR count). The first-order valence-electron chi connectivity index (χ1n) is 7.86. The molecule has 6 heteroatoms. The average molecular weight is 356 g/mol. The lowest BCUT2D eigenvalue weighted by Crippen LogP contribution is -2.10. The number of hydrogen-bond donors (Lipinski definition) is 1. The van der Waals surface area contributed by atoms with Gasteiger partial charge in [-0.3, -0.25) is 0 Å². The summed E-state index contributed by atoms with van der Waals surface area (Å²) in [7, 11) is 1.36. The van der Waals surface area contributed by atoms with Crippen molar-refractivity contribution in [3.05, 3.63) is 64.4 Å². The number of ether oxygens (including phenoxy) is 1. The first-order valence-corrected chi connectivity index (χ1v) is 8.24. The van der Waals surface area contributed by atoms with E-state index in [1.165, 1.54) is 7.11 Å². The van der Waals surface area contributed by atoms with Crippen LogP contribution < -0.4 is 5.32 Å². The summed E-state index contributed by atoms with van der Waals surface area (Å²) >= 11 is 6.08. The van der Waals surface area contributed by atoms with Gasteiger partial charge in [0.15, 0.2) is 0 Å². The standard InChI is InChI=1S/C19H18ClN3O2/c1-11(13-5-4-6-15(20)9-13)21-18-16-10-14(19(24)25-3)7-8-17(16)22-12(2)23-18/h4-11H,1-3H3,(H,21,22,23). The van der Waals surface area contributed by atoms with E-state index in [-0.39, 0.29) is 6.04 Å². The zero-order valence-corrected chi connectivity index (χ0v) is 15.0. The van der Waals surface area contributed by atoms with Crippen LogP contribution in [-0.4, -0.2) is 23.0 Å². The molecule has 1 atom stereocenters. The van der Waals surface area contributed by atoms with Crippen molar-refractivity contribution in [3.63, 3.8) is 0 Å². The van der Waals surface area contributed by atoms with Crippen LogP contribution in [0.3, 0.4) is 0 Å². The molecule has 5 nitrogen and oxygen atoms in total. The Bertz CT molecular complexity index is 943. The summed E-state index contributed by atoms with van der Waals surface area (Å²) < 4.78 is 4.80. The van der Waals surface area contributed by atoms with Crippen molar-refractivity contribution in [2.24, 2.45) is 0 Å². The van der Waals surface area contributed by atoms with Crippen molar-refractivity contribution in [1.82, 2.24) is 9.97 Å². The van der Waals surface area contributed by atoms with Gasteiger partial charge in [0, 0.05) is 10.4 Å². The number of methoxy groups -OCH3 is 1. The van der Waals surface area contributed by atoms with Crippen molar-refractivity contribution in [2.45, 2.75) is 19.9 Å². The van der Waals surface area contributed by atoms with Gasteiger partial charge >= 0.3 is 5.97 Å². The van der Waals surface area contributed by atoms with E-state index >= 15 is 0 Å². The van der Waals surface area contributed by atoms with Crippen LogP contribution in [-0.2, 0) is 4.74 Å². The zero-order chi connectivity index (χ0) is 18.0. The van der Waals surface area contributed by atoms with Gasteiger partial charge in [0.25, 0.3) is 0 Å². The van der Waals surface area contributed by atoms with Gasteiger partial charge in [-0.05, 0) is 49.7 Å². The van der Waals surface area contributed by atoms with E-state index in [9.17, 15) is 4.79 Å². The molecule has 25 heavy (non-hydrogen) atoms. The van der Waals surface area contributed by atoms with Gasteiger partial charge < -0.3 is 10.1 Å². The van der Waals surface area contributed by atoms with E-state index in [1.54, 1.807) is 18.2 Å². The molecule has 0 saturated carbocycles. The molecule has 0 aliphatic rings. The fourth-order valence-electron chi connectivity index (χ4n) is 2.66. The predicted molar refractivity (Wildman–Crippen MR) is 99.1 cm³/mol. The molecule has 0 fully saturated rings. The van der Waals surface area contributed by atoms with Crippen molar-refractivity contribution < 1.29 is 9.53 Å². The monoisotopic (exact) mass is 355 g/mol. The van der Waals surface area contributed by atoms with Crippen molar-refractivity contribution in [3.8, 4) is 0 Å². The fraction of sp³-hybridized carbons (Fsp3) is 0.211. The van der Waals surface area contributed by atoms with Crippen LogP contribution in [0.25, 0.3) is 10.9 Å². The molecule has 1 aromatic heterocycles. The van der Waals surface area contributed by atoms with E-state index in [0.29, 0.717) is 22.2 Å². The van der Waals surface area contributed by atoms with Crippen LogP contribution in [0.15, 0.2) is 42.5 Å². The zero-order valence-electron chi connectivity index (χ0n) is 14.2. The number of benzene rings is 2. The second-order valence-corrected chi connectivity index (χ2v) is 6.20. The number of esters is 1. The number of aromatic nitrogens is 2. The van der Waals surface area contributed by atoms with E-state index in [0.717, 1.165) is 16.5 Å². The van der Waals surface area contributed by atoms with E-state index < -0.39 is 5.97 Å². The highest BCUT2D eigenvalue weighted by atomic mass is 35.5. The lowest BCUT2D eigenvalue weighted by atomic mass is 10.1. The van der Waals surface area contributed by atoms with Crippen LogP contribution in [0.2, 0.25) is 5.02 Å². The molecular weight excluding hydrogens is 338 g/mol. The molecule has 0 aliphatic heterocycles.